The lowest BCUT2D eigenvalue weighted by atomic mass is 10.1. The maximum absolute atomic E-state index is 11.8. The first-order valence-corrected chi connectivity index (χ1v) is 11.7. The Morgan fingerprint density at radius 3 is 1.17 bits per heavy atom. The summed E-state index contributed by atoms with van der Waals surface area (Å²) in [6.07, 6.45) is 14.7. The molecular formula is C19H42O3S. The van der Waals surface area contributed by atoms with Crippen molar-refractivity contribution in [1.82, 2.24) is 0 Å². The van der Waals surface area contributed by atoms with Gasteiger partial charge in [0.25, 0.3) is 0 Å². The Morgan fingerprint density at radius 1 is 0.565 bits per heavy atom. The highest BCUT2D eigenvalue weighted by Gasteiger charge is 2.09. The molecule has 0 amide bonds. The summed E-state index contributed by atoms with van der Waals surface area (Å²) in [5.41, 5.74) is 0. The van der Waals surface area contributed by atoms with Crippen molar-refractivity contribution in [3.63, 3.8) is 0 Å². The quantitative estimate of drug-likeness (QED) is 0.396. The van der Waals surface area contributed by atoms with Gasteiger partial charge in [-0.1, -0.05) is 85.0 Å². The molecule has 0 saturated carbocycles. The van der Waals surface area contributed by atoms with Crippen molar-refractivity contribution in [1.29, 1.82) is 0 Å². The van der Waals surface area contributed by atoms with E-state index in [1.807, 2.05) is 6.92 Å². The maximum atomic E-state index is 11.8. The average Bonchev–Trinajstić information content (AvgIpc) is 2.54. The van der Waals surface area contributed by atoms with Gasteiger partial charge in [0.1, 0.15) is 9.84 Å². The molecule has 0 unspecified atom stereocenters. The topological polar surface area (TPSA) is 54.4 Å². The van der Waals surface area contributed by atoms with Crippen LogP contribution in [0, 0.1) is 0 Å². The van der Waals surface area contributed by atoms with E-state index in [2.05, 4.69) is 13.8 Å². The fourth-order valence-corrected chi connectivity index (χ4v) is 3.80. The Bertz CT molecular complexity index is 276. The van der Waals surface area contributed by atoms with Gasteiger partial charge in [0, 0.05) is 6.61 Å². The van der Waals surface area contributed by atoms with E-state index in [1.54, 1.807) is 0 Å². The summed E-state index contributed by atoms with van der Waals surface area (Å²) in [4.78, 5) is 0. The second-order valence-electron chi connectivity index (χ2n) is 6.41. The Balaban J connectivity index is 0. The number of aliphatic hydroxyl groups excluding tert-OH is 1. The summed E-state index contributed by atoms with van der Waals surface area (Å²) in [6.45, 7) is 6.65. The standard InChI is InChI=1S/C16H34O2S.C3H8O/c1-3-5-7-9-11-13-15-19(17,18)16-14-12-10-8-6-4-2;1-2-3-4/h3-16H2,1-2H3;4H,2-3H2,1H3. The highest BCUT2D eigenvalue weighted by molar-refractivity contribution is 7.91. The Kier molecular flexibility index (Phi) is 21.8. The van der Waals surface area contributed by atoms with Crippen LogP contribution in [0.2, 0.25) is 0 Å². The van der Waals surface area contributed by atoms with E-state index in [-0.39, 0.29) is 0 Å². The number of hydrogen-bond acceptors (Lipinski definition) is 3. The molecule has 0 aromatic heterocycles. The molecule has 1 N–H and O–H groups in total. The van der Waals surface area contributed by atoms with Crippen LogP contribution < -0.4 is 0 Å². The summed E-state index contributed by atoms with van der Waals surface area (Å²) in [5.74, 6) is 0.822. The van der Waals surface area contributed by atoms with Crippen molar-refractivity contribution >= 4 is 9.84 Å². The third-order valence-electron chi connectivity index (χ3n) is 3.84. The molecule has 0 aliphatic rings. The van der Waals surface area contributed by atoms with Crippen LogP contribution in [0.1, 0.15) is 104 Å². The monoisotopic (exact) mass is 350 g/mol. The number of sulfone groups is 1. The van der Waals surface area contributed by atoms with Crippen LogP contribution >= 0.6 is 0 Å². The first-order valence-electron chi connectivity index (χ1n) is 9.85. The first-order chi connectivity index (χ1) is 11.0. The molecule has 142 valence electrons. The van der Waals surface area contributed by atoms with Gasteiger partial charge in [0.15, 0.2) is 0 Å². The van der Waals surface area contributed by atoms with Gasteiger partial charge in [-0.3, -0.25) is 0 Å². The highest BCUT2D eigenvalue weighted by atomic mass is 32.2. The molecule has 4 heteroatoms. The zero-order chi connectivity index (χ0) is 17.8. The van der Waals surface area contributed by atoms with Gasteiger partial charge in [-0.25, -0.2) is 8.42 Å². The average molecular weight is 351 g/mol. The van der Waals surface area contributed by atoms with Crippen molar-refractivity contribution in [2.24, 2.45) is 0 Å². The Morgan fingerprint density at radius 2 is 0.870 bits per heavy atom. The molecule has 0 aromatic rings. The minimum Gasteiger partial charge on any atom is -0.396 e. The molecule has 0 aliphatic carbocycles. The smallest absolute Gasteiger partial charge is 0.150 e. The zero-order valence-corrected chi connectivity index (χ0v) is 16.8. The van der Waals surface area contributed by atoms with E-state index < -0.39 is 9.84 Å². The summed E-state index contributed by atoms with van der Waals surface area (Å²) in [6, 6.07) is 0. The number of hydrogen-bond donors (Lipinski definition) is 1. The van der Waals surface area contributed by atoms with Gasteiger partial charge in [-0.2, -0.15) is 0 Å². The van der Waals surface area contributed by atoms with E-state index in [0.717, 1.165) is 32.1 Å². The largest absolute Gasteiger partial charge is 0.396 e. The molecule has 0 spiro atoms. The lowest BCUT2D eigenvalue weighted by Gasteiger charge is -2.04. The summed E-state index contributed by atoms with van der Waals surface area (Å²) in [5, 5.41) is 7.88. The van der Waals surface area contributed by atoms with E-state index in [1.165, 1.54) is 51.4 Å². The predicted octanol–water partition coefficient (Wildman–Crippen LogP) is 5.51. The summed E-state index contributed by atoms with van der Waals surface area (Å²) in [7, 11) is -2.77. The molecular weight excluding hydrogens is 308 g/mol. The fourth-order valence-electron chi connectivity index (χ4n) is 2.31. The van der Waals surface area contributed by atoms with Crippen LogP contribution in [0.15, 0.2) is 0 Å². The molecule has 0 radical (unpaired) electrons. The molecule has 0 bridgehead atoms. The number of aliphatic hydroxyl groups is 1. The van der Waals surface area contributed by atoms with Crippen molar-refractivity contribution in [3.05, 3.63) is 0 Å². The van der Waals surface area contributed by atoms with Crippen LogP contribution in [-0.2, 0) is 9.84 Å². The van der Waals surface area contributed by atoms with Gasteiger partial charge >= 0.3 is 0 Å². The predicted molar refractivity (Wildman–Crippen MR) is 103 cm³/mol. The lowest BCUT2D eigenvalue weighted by molar-refractivity contribution is 0.295. The van der Waals surface area contributed by atoms with Crippen LogP contribution in [0.3, 0.4) is 0 Å². The lowest BCUT2D eigenvalue weighted by Crippen LogP contribution is -2.11. The molecule has 23 heavy (non-hydrogen) atoms. The minimum atomic E-state index is -2.77. The van der Waals surface area contributed by atoms with Crippen LogP contribution in [-0.4, -0.2) is 31.6 Å². The fraction of sp³-hybridized carbons (Fsp3) is 1.00. The zero-order valence-electron chi connectivity index (χ0n) is 16.0. The molecule has 0 saturated heterocycles. The molecule has 0 atom stereocenters. The van der Waals surface area contributed by atoms with Gasteiger partial charge in [-0.05, 0) is 19.3 Å². The molecule has 3 nitrogen and oxygen atoms in total. The van der Waals surface area contributed by atoms with Crippen LogP contribution in [0.4, 0.5) is 0 Å². The molecule has 0 fully saturated rings. The van der Waals surface area contributed by atoms with Crippen molar-refractivity contribution in [2.45, 2.75) is 104 Å². The molecule has 0 aromatic carbocycles. The Labute approximate surface area is 146 Å². The van der Waals surface area contributed by atoms with Crippen LogP contribution in [0.5, 0.6) is 0 Å². The van der Waals surface area contributed by atoms with Gasteiger partial charge in [0.2, 0.25) is 0 Å². The maximum Gasteiger partial charge on any atom is 0.150 e. The molecule has 0 aliphatic heterocycles. The van der Waals surface area contributed by atoms with E-state index >= 15 is 0 Å². The van der Waals surface area contributed by atoms with Crippen LogP contribution in [0.25, 0.3) is 0 Å². The molecule has 0 rings (SSSR count). The third-order valence-corrected chi connectivity index (χ3v) is 5.66. The van der Waals surface area contributed by atoms with E-state index in [0.29, 0.717) is 18.1 Å². The second-order valence-corrected chi connectivity index (χ2v) is 8.71. The number of rotatable bonds is 15. The minimum absolute atomic E-state index is 0.319. The van der Waals surface area contributed by atoms with Gasteiger partial charge in [0.05, 0.1) is 11.5 Å². The van der Waals surface area contributed by atoms with Crippen molar-refractivity contribution in [3.8, 4) is 0 Å². The normalized spacial score (nSPS) is 11.1. The van der Waals surface area contributed by atoms with E-state index in [9.17, 15) is 8.42 Å². The number of unbranched alkanes of at least 4 members (excludes halogenated alkanes) is 10. The Hall–Kier alpha value is -0.0900. The third kappa shape index (κ3) is 24.3. The van der Waals surface area contributed by atoms with Gasteiger partial charge < -0.3 is 5.11 Å². The molecule has 0 heterocycles. The van der Waals surface area contributed by atoms with Gasteiger partial charge in [-0.15, -0.1) is 0 Å². The summed E-state index contributed by atoms with van der Waals surface area (Å²) >= 11 is 0. The summed E-state index contributed by atoms with van der Waals surface area (Å²) < 4.78 is 23.6. The SMILES string of the molecule is CCCCCCCCS(=O)(=O)CCCCCCCC.CCCO. The first kappa shape index (κ1) is 25.2. The van der Waals surface area contributed by atoms with Crippen molar-refractivity contribution < 1.29 is 13.5 Å². The van der Waals surface area contributed by atoms with Crippen molar-refractivity contribution in [2.75, 3.05) is 18.1 Å². The van der Waals surface area contributed by atoms with E-state index in [4.69, 9.17) is 5.11 Å². The highest BCUT2D eigenvalue weighted by Crippen LogP contribution is 2.09. The second kappa shape index (κ2) is 20.0.